The molecule has 3 rings (SSSR count). The highest BCUT2D eigenvalue weighted by atomic mass is 16.6. The zero-order valence-electron chi connectivity index (χ0n) is 23.1. The molecule has 9 nitrogen and oxygen atoms in total. The molecule has 0 radical (unpaired) electrons. The summed E-state index contributed by atoms with van der Waals surface area (Å²) in [5.74, 6) is -0.313. The van der Waals surface area contributed by atoms with Crippen molar-refractivity contribution in [2.24, 2.45) is 11.8 Å². The zero-order chi connectivity index (χ0) is 28.2. The number of carbonyl (C=O) groups is 3. The number of ether oxygens (including phenoxy) is 2. The summed E-state index contributed by atoms with van der Waals surface area (Å²) in [4.78, 5) is 42.2. The topological polar surface area (TPSA) is 117 Å². The number of nitrogens with one attached hydrogen (secondary N) is 2. The molecule has 38 heavy (non-hydrogen) atoms. The van der Waals surface area contributed by atoms with Gasteiger partial charge >= 0.3 is 6.09 Å². The third-order valence-electron chi connectivity index (χ3n) is 6.35. The Labute approximate surface area is 224 Å². The molecular formula is C29H39N3O6. The first-order valence-corrected chi connectivity index (χ1v) is 12.9. The summed E-state index contributed by atoms with van der Waals surface area (Å²) >= 11 is 0. The molecule has 4 atom stereocenters. The van der Waals surface area contributed by atoms with Crippen LogP contribution in [0.15, 0.2) is 48.5 Å². The van der Waals surface area contributed by atoms with E-state index in [0.717, 1.165) is 0 Å². The Balaban J connectivity index is 2.00. The molecule has 0 aliphatic heterocycles. The number of phenolic OH excluding ortho intramolecular Hbond substituents is 1. The molecular weight excluding hydrogens is 486 g/mol. The lowest BCUT2D eigenvalue weighted by Gasteiger charge is -2.36. The maximum Gasteiger partial charge on any atom is 0.408 e. The second-order valence-electron chi connectivity index (χ2n) is 11.1. The van der Waals surface area contributed by atoms with E-state index >= 15 is 0 Å². The fraction of sp³-hybridized carbons (Fsp3) is 0.483. The second kappa shape index (κ2) is 11.8. The average Bonchev–Trinajstić information content (AvgIpc) is 3.55. The zero-order valence-corrected chi connectivity index (χ0v) is 23.1. The number of rotatable bonds is 9. The van der Waals surface area contributed by atoms with Gasteiger partial charge in [-0.05, 0) is 81.0 Å². The third kappa shape index (κ3) is 7.40. The van der Waals surface area contributed by atoms with E-state index in [1.165, 1.54) is 12.1 Å². The highest BCUT2D eigenvalue weighted by molar-refractivity contribution is 5.99. The Bertz CT molecular complexity index is 1140. The highest BCUT2D eigenvalue weighted by Crippen LogP contribution is 2.41. The van der Waals surface area contributed by atoms with E-state index < -0.39 is 35.6 Å². The van der Waals surface area contributed by atoms with E-state index in [-0.39, 0.29) is 23.6 Å². The SMILES string of the molecule is COc1ccc(NC(=O)C(c2cccc(O)c2)N(C(=O)C(NC(=O)OC(C)(C)C)C(C)C)C2CC2C)cc1. The van der Waals surface area contributed by atoms with Crippen LogP contribution in [0.5, 0.6) is 11.5 Å². The standard InChI is InChI=1S/C29H39N3O6/c1-17(2)24(31-28(36)38-29(4,5)6)27(35)32(23-15-18(23)3)25(19-9-8-10-21(33)16-19)26(34)30-20-11-13-22(37-7)14-12-20/h8-14,16-18,23-25,33H,15H2,1-7H3,(H,30,34)(H,31,36). The van der Waals surface area contributed by atoms with Gasteiger partial charge in [-0.3, -0.25) is 9.59 Å². The molecule has 1 fully saturated rings. The molecule has 2 aromatic rings. The van der Waals surface area contributed by atoms with Crippen LogP contribution in [0.25, 0.3) is 0 Å². The lowest BCUT2D eigenvalue weighted by molar-refractivity contribution is -0.142. The molecule has 0 saturated heterocycles. The van der Waals surface area contributed by atoms with Crippen LogP contribution < -0.4 is 15.4 Å². The van der Waals surface area contributed by atoms with Crippen molar-refractivity contribution in [3.05, 3.63) is 54.1 Å². The number of hydrogen-bond acceptors (Lipinski definition) is 6. The molecule has 0 aromatic heterocycles. The largest absolute Gasteiger partial charge is 0.508 e. The fourth-order valence-electron chi connectivity index (χ4n) is 4.30. The van der Waals surface area contributed by atoms with Crippen LogP contribution >= 0.6 is 0 Å². The summed E-state index contributed by atoms with van der Waals surface area (Å²) in [7, 11) is 1.56. The number of phenols is 1. The van der Waals surface area contributed by atoms with Crippen molar-refractivity contribution in [3.8, 4) is 11.5 Å². The van der Waals surface area contributed by atoms with Crippen LogP contribution in [-0.4, -0.2) is 52.7 Å². The van der Waals surface area contributed by atoms with Crippen molar-refractivity contribution in [2.45, 2.75) is 71.7 Å². The van der Waals surface area contributed by atoms with Gasteiger partial charge in [-0.1, -0.05) is 32.9 Å². The summed E-state index contributed by atoms with van der Waals surface area (Å²) in [6, 6.07) is 11.0. The minimum absolute atomic E-state index is 0.0201. The molecule has 1 aliphatic rings. The smallest absolute Gasteiger partial charge is 0.408 e. The minimum Gasteiger partial charge on any atom is -0.508 e. The Morgan fingerprint density at radius 3 is 2.21 bits per heavy atom. The molecule has 3 N–H and O–H groups in total. The van der Waals surface area contributed by atoms with Crippen LogP contribution in [0.2, 0.25) is 0 Å². The number of hydrogen-bond donors (Lipinski definition) is 3. The first kappa shape index (κ1) is 28.8. The van der Waals surface area contributed by atoms with Gasteiger partial charge in [0.15, 0.2) is 0 Å². The van der Waals surface area contributed by atoms with Crippen molar-refractivity contribution in [1.82, 2.24) is 10.2 Å². The highest BCUT2D eigenvalue weighted by Gasteiger charge is 2.48. The number of alkyl carbamates (subject to hydrolysis) is 1. The summed E-state index contributed by atoms with van der Waals surface area (Å²) in [5.41, 5.74) is 0.259. The first-order chi connectivity index (χ1) is 17.8. The van der Waals surface area contributed by atoms with Crippen LogP contribution in [0.3, 0.4) is 0 Å². The van der Waals surface area contributed by atoms with Crippen LogP contribution in [0, 0.1) is 11.8 Å². The number of carbonyl (C=O) groups excluding carboxylic acids is 3. The molecule has 206 valence electrons. The Hall–Kier alpha value is -3.75. The van der Waals surface area contributed by atoms with E-state index in [9.17, 15) is 19.5 Å². The van der Waals surface area contributed by atoms with Crippen molar-refractivity contribution >= 4 is 23.6 Å². The minimum atomic E-state index is -1.05. The Morgan fingerprint density at radius 2 is 1.71 bits per heavy atom. The fourth-order valence-corrected chi connectivity index (χ4v) is 4.30. The van der Waals surface area contributed by atoms with Gasteiger partial charge in [-0.2, -0.15) is 0 Å². The Kier molecular flexibility index (Phi) is 8.91. The number of benzene rings is 2. The third-order valence-corrected chi connectivity index (χ3v) is 6.35. The van der Waals surface area contributed by atoms with E-state index in [0.29, 0.717) is 23.4 Å². The van der Waals surface area contributed by atoms with E-state index in [1.54, 1.807) is 69.2 Å². The molecule has 1 saturated carbocycles. The van der Waals surface area contributed by atoms with Crippen LogP contribution in [0.4, 0.5) is 10.5 Å². The number of methoxy groups -OCH3 is 1. The number of amides is 3. The molecule has 4 unspecified atom stereocenters. The summed E-state index contributed by atoms with van der Waals surface area (Å²) in [6.07, 6.45) is 0.0126. The molecule has 1 aliphatic carbocycles. The lowest BCUT2D eigenvalue weighted by Crippen LogP contribution is -2.55. The second-order valence-corrected chi connectivity index (χ2v) is 11.1. The van der Waals surface area contributed by atoms with Gasteiger partial charge in [-0.15, -0.1) is 0 Å². The first-order valence-electron chi connectivity index (χ1n) is 12.9. The normalized spacial score (nSPS) is 18.2. The van der Waals surface area contributed by atoms with Gasteiger partial charge in [-0.25, -0.2) is 4.79 Å². The van der Waals surface area contributed by atoms with Crippen LogP contribution in [-0.2, 0) is 14.3 Å². The maximum atomic E-state index is 14.1. The quantitative estimate of drug-likeness (QED) is 0.430. The van der Waals surface area contributed by atoms with Crippen molar-refractivity contribution in [2.75, 3.05) is 12.4 Å². The maximum absolute atomic E-state index is 14.1. The number of aromatic hydroxyl groups is 1. The number of anilines is 1. The molecule has 0 heterocycles. The van der Waals surface area contributed by atoms with Gasteiger partial charge in [0, 0.05) is 11.7 Å². The molecule has 9 heteroatoms. The molecule has 0 bridgehead atoms. The van der Waals surface area contributed by atoms with Gasteiger partial charge < -0.3 is 30.1 Å². The monoisotopic (exact) mass is 525 g/mol. The summed E-state index contributed by atoms with van der Waals surface area (Å²) in [6.45, 7) is 10.9. The molecule has 0 spiro atoms. The van der Waals surface area contributed by atoms with Crippen molar-refractivity contribution < 1.29 is 29.0 Å². The Morgan fingerprint density at radius 1 is 1.08 bits per heavy atom. The van der Waals surface area contributed by atoms with E-state index in [4.69, 9.17) is 9.47 Å². The molecule has 3 amide bonds. The number of nitrogens with zero attached hydrogens (tertiary/aromatic N) is 1. The predicted octanol–water partition coefficient (Wildman–Crippen LogP) is 4.87. The van der Waals surface area contributed by atoms with Gasteiger partial charge in [0.1, 0.15) is 29.2 Å². The average molecular weight is 526 g/mol. The molecule has 2 aromatic carbocycles. The summed E-state index contributed by atoms with van der Waals surface area (Å²) < 4.78 is 10.6. The van der Waals surface area contributed by atoms with E-state index in [1.807, 2.05) is 20.8 Å². The van der Waals surface area contributed by atoms with E-state index in [2.05, 4.69) is 10.6 Å². The van der Waals surface area contributed by atoms with Gasteiger partial charge in [0.05, 0.1) is 7.11 Å². The van der Waals surface area contributed by atoms with Crippen LogP contribution in [0.1, 0.15) is 59.6 Å². The van der Waals surface area contributed by atoms with Gasteiger partial charge in [0.25, 0.3) is 5.91 Å². The predicted molar refractivity (Wildman–Crippen MR) is 145 cm³/mol. The lowest BCUT2D eigenvalue weighted by atomic mass is 9.98. The van der Waals surface area contributed by atoms with Crippen molar-refractivity contribution in [1.29, 1.82) is 0 Å². The van der Waals surface area contributed by atoms with Gasteiger partial charge in [0.2, 0.25) is 5.91 Å². The van der Waals surface area contributed by atoms with Crippen molar-refractivity contribution in [3.63, 3.8) is 0 Å². The summed E-state index contributed by atoms with van der Waals surface area (Å²) in [5, 5.41) is 15.8.